The number of carbonyl (C=O) groups excluding carboxylic acids is 1. The van der Waals surface area contributed by atoms with Gasteiger partial charge in [-0.25, -0.2) is 9.59 Å². The Kier molecular flexibility index (Phi) is 6.62. The van der Waals surface area contributed by atoms with Crippen LogP contribution in [-0.2, 0) is 4.79 Å². The van der Waals surface area contributed by atoms with E-state index >= 15 is 0 Å². The van der Waals surface area contributed by atoms with Crippen molar-refractivity contribution >= 4 is 12.0 Å². The van der Waals surface area contributed by atoms with Crippen LogP contribution in [-0.4, -0.2) is 52.9 Å². The van der Waals surface area contributed by atoms with Crippen LogP contribution in [0.25, 0.3) is 0 Å². The lowest BCUT2D eigenvalue weighted by atomic mass is 10.1. The van der Waals surface area contributed by atoms with Gasteiger partial charge in [0.25, 0.3) is 0 Å². The maximum absolute atomic E-state index is 12.0. The summed E-state index contributed by atoms with van der Waals surface area (Å²) in [6.45, 7) is 3.36. The molecule has 1 rings (SSSR count). The van der Waals surface area contributed by atoms with Crippen molar-refractivity contribution in [3.8, 4) is 0 Å². The van der Waals surface area contributed by atoms with Crippen LogP contribution < -0.4 is 5.32 Å². The molecule has 2 atom stereocenters. The minimum atomic E-state index is -0.979. The second-order valence-electron chi connectivity index (χ2n) is 5.10. The van der Waals surface area contributed by atoms with Gasteiger partial charge in [-0.3, -0.25) is 0 Å². The third-order valence-electron chi connectivity index (χ3n) is 3.55. The van der Waals surface area contributed by atoms with Gasteiger partial charge in [0.05, 0.1) is 0 Å². The number of hydrogen-bond donors (Lipinski definition) is 3. The Morgan fingerprint density at radius 3 is 2.79 bits per heavy atom. The number of nitrogens with one attached hydrogen (secondary N) is 1. The van der Waals surface area contributed by atoms with Crippen LogP contribution in [0.2, 0.25) is 0 Å². The molecule has 0 spiro atoms. The topological polar surface area (TPSA) is 89.9 Å². The number of aliphatic hydroxyl groups excluding tert-OH is 1. The fourth-order valence-electron chi connectivity index (χ4n) is 2.34. The van der Waals surface area contributed by atoms with E-state index in [2.05, 4.69) is 5.32 Å². The van der Waals surface area contributed by atoms with Crippen LogP contribution in [0.1, 0.15) is 39.0 Å². The van der Waals surface area contributed by atoms with E-state index in [4.69, 9.17) is 10.2 Å². The Hall–Kier alpha value is -1.30. The summed E-state index contributed by atoms with van der Waals surface area (Å²) in [4.78, 5) is 24.7. The maximum Gasteiger partial charge on any atom is 0.326 e. The summed E-state index contributed by atoms with van der Waals surface area (Å²) in [5, 5.41) is 20.5. The average molecular weight is 272 g/mol. The minimum absolute atomic E-state index is 0.133. The molecule has 0 aliphatic carbocycles. The first-order valence-electron chi connectivity index (χ1n) is 6.97. The molecule has 0 radical (unpaired) electrons. The van der Waals surface area contributed by atoms with Gasteiger partial charge < -0.3 is 20.4 Å². The van der Waals surface area contributed by atoms with Gasteiger partial charge in [0, 0.05) is 19.7 Å². The molecular weight excluding hydrogens is 248 g/mol. The highest BCUT2D eigenvalue weighted by Crippen LogP contribution is 2.19. The number of nitrogens with zero attached hydrogens (tertiary/aromatic N) is 1. The van der Waals surface area contributed by atoms with Crippen molar-refractivity contribution in [2.75, 3.05) is 19.7 Å². The van der Waals surface area contributed by atoms with Crippen molar-refractivity contribution < 1.29 is 19.8 Å². The van der Waals surface area contributed by atoms with E-state index in [1.807, 2.05) is 6.92 Å². The van der Waals surface area contributed by atoms with Crippen LogP contribution in [0.4, 0.5) is 4.79 Å². The van der Waals surface area contributed by atoms with Crippen molar-refractivity contribution in [1.82, 2.24) is 10.2 Å². The molecule has 110 valence electrons. The second-order valence-corrected chi connectivity index (χ2v) is 5.10. The number of urea groups is 1. The Morgan fingerprint density at radius 2 is 2.21 bits per heavy atom. The molecule has 0 saturated carbocycles. The van der Waals surface area contributed by atoms with E-state index in [1.165, 1.54) is 0 Å². The van der Waals surface area contributed by atoms with Gasteiger partial charge in [-0.2, -0.15) is 0 Å². The van der Waals surface area contributed by atoms with Crippen molar-refractivity contribution in [3.05, 3.63) is 0 Å². The van der Waals surface area contributed by atoms with E-state index in [-0.39, 0.29) is 12.6 Å². The standard InChI is InChI=1S/C13H24N2O4/c1-2-3-4-11(12(17)18)14-13(19)15-7-5-10(9-15)6-8-16/h10-11,16H,2-9H2,1H3,(H,14,19)(H,17,18)/t10?,11-/m0/s1. The van der Waals surface area contributed by atoms with E-state index in [0.717, 1.165) is 19.3 Å². The molecule has 2 amide bonds. The molecule has 6 nitrogen and oxygen atoms in total. The largest absolute Gasteiger partial charge is 0.480 e. The number of unbranched alkanes of at least 4 members (excludes halogenated alkanes) is 1. The van der Waals surface area contributed by atoms with E-state index < -0.39 is 12.0 Å². The first kappa shape index (κ1) is 15.8. The predicted octanol–water partition coefficient (Wildman–Crippen LogP) is 1.04. The fraction of sp³-hybridized carbons (Fsp3) is 0.846. The summed E-state index contributed by atoms with van der Waals surface area (Å²) in [6, 6.07) is -1.10. The molecule has 1 fully saturated rings. The first-order valence-corrected chi connectivity index (χ1v) is 6.97. The lowest BCUT2D eigenvalue weighted by Gasteiger charge is -2.21. The Balaban J connectivity index is 2.42. The van der Waals surface area contributed by atoms with E-state index in [1.54, 1.807) is 4.90 Å². The predicted molar refractivity (Wildman–Crippen MR) is 70.9 cm³/mol. The zero-order valence-electron chi connectivity index (χ0n) is 11.5. The zero-order chi connectivity index (χ0) is 14.3. The number of carbonyl (C=O) groups is 2. The molecule has 0 aromatic heterocycles. The highest BCUT2D eigenvalue weighted by Gasteiger charge is 2.28. The Morgan fingerprint density at radius 1 is 1.47 bits per heavy atom. The molecule has 1 aliphatic rings. The first-order chi connectivity index (χ1) is 9.08. The van der Waals surface area contributed by atoms with Gasteiger partial charge in [0.1, 0.15) is 6.04 Å². The van der Waals surface area contributed by atoms with Crippen molar-refractivity contribution in [1.29, 1.82) is 0 Å². The van der Waals surface area contributed by atoms with Gasteiger partial charge in [-0.15, -0.1) is 0 Å². The van der Waals surface area contributed by atoms with Crippen LogP contribution in [0.3, 0.4) is 0 Å². The van der Waals surface area contributed by atoms with E-state index in [0.29, 0.717) is 31.8 Å². The normalized spacial score (nSPS) is 20.3. The fourth-order valence-corrected chi connectivity index (χ4v) is 2.34. The van der Waals surface area contributed by atoms with Gasteiger partial charge in [0.2, 0.25) is 0 Å². The lowest BCUT2D eigenvalue weighted by Crippen LogP contribution is -2.47. The molecule has 1 heterocycles. The summed E-state index contributed by atoms with van der Waals surface area (Å²) in [5.74, 6) is -0.650. The van der Waals surface area contributed by atoms with Gasteiger partial charge in [-0.1, -0.05) is 19.8 Å². The summed E-state index contributed by atoms with van der Waals surface area (Å²) in [5.41, 5.74) is 0. The summed E-state index contributed by atoms with van der Waals surface area (Å²) in [6.07, 6.45) is 3.72. The number of hydrogen-bond acceptors (Lipinski definition) is 3. The number of carboxylic acid groups (broad SMARTS) is 1. The molecule has 6 heteroatoms. The van der Waals surface area contributed by atoms with E-state index in [9.17, 15) is 9.59 Å². The molecule has 1 saturated heterocycles. The maximum atomic E-state index is 12.0. The highest BCUT2D eigenvalue weighted by atomic mass is 16.4. The third-order valence-corrected chi connectivity index (χ3v) is 3.55. The van der Waals surface area contributed by atoms with Crippen molar-refractivity contribution in [2.24, 2.45) is 5.92 Å². The number of carboxylic acids is 1. The second kappa shape index (κ2) is 7.99. The van der Waals surface area contributed by atoms with Gasteiger partial charge >= 0.3 is 12.0 Å². The quantitative estimate of drug-likeness (QED) is 0.646. The highest BCUT2D eigenvalue weighted by molar-refractivity contribution is 5.82. The number of aliphatic hydroxyl groups is 1. The Labute approximate surface area is 113 Å². The van der Waals surface area contributed by atoms with Crippen LogP contribution in [0, 0.1) is 5.92 Å². The summed E-state index contributed by atoms with van der Waals surface area (Å²) >= 11 is 0. The zero-order valence-corrected chi connectivity index (χ0v) is 11.5. The third kappa shape index (κ3) is 5.06. The average Bonchev–Trinajstić information content (AvgIpc) is 2.83. The van der Waals surface area contributed by atoms with Crippen LogP contribution in [0.15, 0.2) is 0 Å². The monoisotopic (exact) mass is 272 g/mol. The molecule has 19 heavy (non-hydrogen) atoms. The number of amides is 2. The number of likely N-dealkylation sites (tertiary alicyclic amines) is 1. The molecule has 0 bridgehead atoms. The van der Waals surface area contributed by atoms with Gasteiger partial charge in [-0.05, 0) is 25.2 Å². The number of rotatable bonds is 7. The molecule has 1 unspecified atom stereocenters. The minimum Gasteiger partial charge on any atom is -0.480 e. The molecule has 1 aliphatic heterocycles. The van der Waals surface area contributed by atoms with Crippen LogP contribution in [0.5, 0.6) is 0 Å². The number of aliphatic carboxylic acids is 1. The molecular formula is C13H24N2O4. The molecule has 3 N–H and O–H groups in total. The van der Waals surface area contributed by atoms with Crippen LogP contribution >= 0.6 is 0 Å². The van der Waals surface area contributed by atoms with Crippen molar-refractivity contribution in [3.63, 3.8) is 0 Å². The van der Waals surface area contributed by atoms with Gasteiger partial charge in [0.15, 0.2) is 0 Å². The summed E-state index contributed by atoms with van der Waals surface area (Å²) < 4.78 is 0. The summed E-state index contributed by atoms with van der Waals surface area (Å²) in [7, 11) is 0. The SMILES string of the molecule is CCCC[C@H](NC(=O)N1CCC(CCO)C1)C(=O)O. The lowest BCUT2D eigenvalue weighted by molar-refractivity contribution is -0.139. The smallest absolute Gasteiger partial charge is 0.326 e. The molecule has 0 aromatic rings. The Bertz CT molecular complexity index is 309. The van der Waals surface area contributed by atoms with Crippen molar-refractivity contribution in [2.45, 2.75) is 45.1 Å². The molecule has 0 aromatic carbocycles.